The van der Waals surface area contributed by atoms with Crippen LogP contribution in [0.3, 0.4) is 0 Å². The Morgan fingerprint density at radius 1 is 1.07 bits per heavy atom. The van der Waals surface area contributed by atoms with Gasteiger partial charge in [-0.25, -0.2) is 0 Å². The van der Waals surface area contributed by atoms with Gasteiger partial charge in [-0.15, -0.1) is 10.2 Å². The minimum absolute atomic E-state index is 0.0740. The molecule has 29 heavy (non-hydrogen) atoms. The van der Waals surface area contributed by atoms with Gasteiger partial charge in [0.25, 0.3) is 0 Å². The number of thioether (sulfide) groups is 1. The average molecular weight is 411 g/mol. The second-order valence-corrected chi connectivity index (χ2v) is 7.27. The average Bonchev–Trinajstić information content (AvgIpc) is 3.17. The fraction of sp³-hybridized carbons (Fsp3) is 0.333. The summed E-state index contributed by atoms with van der Waals surface area (Å²) in [6, 6.07) is 13.5. The summed E-state index contributed by atoms with van der Waals surface area (Å²) >= 11 is 1.37. The molecule has 0 aliphatic rings. The van der Waals surface area contributed by atoms with E-state index in [1.165, 1.54) is 11.8 Å². The summed E-state index contributed by atoms with van der Waals surface area (Å²) in [6.45, 7) is 8.86. The molecule has 0 aliphatic carbocycles. The number of carbonyl (C=O) groups is 1. The van der Waals surface area contributed by atoms with E-state index in [0.717, 1.165) is 30.2 Å². The Morgan fingerprint density at radius 3 is 2.45 bits per heavy atom. The van der Waals surface area contributed by atoms with Gasteiger partial charge in [0.2, 0.25) is 5.91 Å². The van der Waals surface area contributed by atoms with Crippen LogP contribution in [-0.2, 0) is 11.3 Å². The van der Waals surface area contributed by atoms with E-state index >= 15 is 0 Å². The van der Waals surface area contributed by atoms with Gasteiger partial charge in [0.15, 0.2) is 11.0 Å². The largest absolute Gasteiger partial charge is 0.371 e. The Morgan fingerprint density at radius 2 is 1.83 bits per heavy atom. The number of hydrogen-bond donors (Lipinski definition) is 1. The molecule has 1 amide bonds. The lowest BCUT2D eigenvalue weighted by Crippen LogP contribution is -2.21. The van der Waals surface area contributed by atoms with Crippen LogP contribution in [0.25, 0.3) is 11.5 Å². The van der Waals surface area contributed by atoms with Crippen LogP contribution in [-0.4, -0.2) is 44.5 Å². The summed E-state index contributed by atoms with van der Waals surface area (Å²) in [5.74, 6) is 0.904. The highest BCUT2D eigenvalue weighted by Crippen LogP contribution is 2.24. The summed E-state index contributed by atoms with van der Waals surface area (Å²) in [5, 5.41) is 12.2. The van der Waals surface area contributed by atoms with Crippen molar-refractivity contribution in [2.45, 2.75) is 32.5 Å². The molecule has 0 spiro atoms. The summed E-state index contributed by atoms with van der Waals surface area (Å²) in [7, 11) is 0. The van der Waals surface area contributed by atoms with Crippen molar-refractivity contribution in [3.05, 3.63) is 48.7 Å². The molecule has 0 unspecified atom stereocenters. The number of nitrogens with zero attached hydrogens (tertiary/aromatic N) is 5. The quantitative estimate of drug-likeness (QED) is 0.539. The smallest absolute Gasteiger partial charge is 0.234 e. The second-order valence-electron chi connectivity index (χ2n) is 6.33. The van der Waals surface area contributed by atoms with Crippen molar-refractivity contribution in [3.8, 4) is 11.5 Å². The van der Waals surface area contributed by atoms with E-state index in [2.05, 4.69) is 45.3 Å². The molecule has 2 heterocycles. The summed E-state index contributed by atoms with van der Waals surface area (Å²) < 4.78 is 1.99. The third kappa shape index (κ3) is 5.14. The zero-order valence-electron chi connectivity index (χ0n) is 17.0. The highest BCUT2D eigenvalue weighted by molar-refractivity contribution is 7.99. The zero-order chi connectivity index (χ0) is 20.6. The zero-order valence-corrected chi connectivity index (χ0v) is 17.8. The lowest BCUT2D eigenvalue weighted by molar-refractivity contribution is -0.113. The molecule has 7 nitrogen and oxygen atoms in total. The standard InChI is InChI=1S/C21H26N6OS/c1-4-26(5-2)17-12-13-18(22-14-17)20-24-25-21(27(20)6-3)29-15-19(28)23-16-10-8-7-9-11-16/h7-14H,4-6,15H2,1-3H3,(H,23,28). The first-order valence-electron chi connectivity index (χ1n) is 9.78. The van der Waals surface area contributed by atoms with Crippen LogP contribution in [0.15, 0.2) is 53.8 Å². The predicted molar refractivity (Wildman–Crippen MR) is 118 cm³/mol. The number of benzene rings is 1. The predicted octanol–water partition coefficient (Wildman–Crippen LogP) is 3.94. The molecule has 2 aromatic heterocycles. The third-order valence-corrected chi connectivity index (χ3v) is 5.50. The van der Waals surface area contributed by atoms with Crippen molar-refractivity contribution in [1.82, 2.24) is 19.7 Å². The lowest BCUT2D eigenvalue weighted by Gasteiger charge is -2.20. The maximum absolute atomic E-state index is 12.2. The van der Waals surface area contributed by atoms with Crippen LogP contribution in [0.2, 0.25) is 0 Å². The number of aromatic nitrogens is 4. The van der Waals surface area contributed by atoms with E-state index < -0.39 is 0 Å². The van der Waals surface area contributed by atoms with Crippen molar-refractivity contribution in [3.63, 3.8) is 0 Å². The van der Waals surface area contributed by atoms with Gasteiger partial charge in [0, 0.05) is 25.3 Å². The number of nitrogens with one attached hydrogen (secondary N) is 1. The fourth-order valence-corrected chi connectivity index (χ4v) is 3.82. The molecule has 0 fully saturated rings. The van der Waals surface area contributed by atoms with Gasteiger partial charge in [0.05, 0.1) is 17.6 Å². The molecule has 0 bridgehead atoms. The normalized spacial score (nSPS) is 10.7. The van der Waals surface area contributed by atoms with Crippen LogP contribution in [0.1, 0.15) is 20.8 Å². The molecule has 0 atom stereocenters. The Hall–Kier alpha value is -2.87. The first-order valence-corrected chi connectivity index (χ1v) is 10.8. The van der Waals surface area contributed by atoms with Gasteiger partial charge < -0.3 is 14.8 Å². The summed E-state index contributed by atoms with van der Waals surface area (Å²) in [6.07, 6.45) is 1.87. The first kappa shape index (κ1) is 20.9. The molecule has 0 saturated carbocycles. The Labute approximate surface area is 175 Å². The number of pyridine rings is 1. The van der Waals surface area contributed by atoms with Crippen molar-refractivity contribution >= 4 is 29.0 Å². The number of para-hydroxylation sites is 1. The molecule has 152 valence electrons. The topological polar surface area (TPSA) is 75.9 Å². The summed E-state index contributed by atoms with van der Waals surface area (Å²) in [5.41, 5.74) is 2.65. The monoisotopic (exact) mass is 410 g/mol. The molecule has 3 rings (SSSR count). The first-order chi connectivity index (χ1) is 14.2. The molecule has 8 heteroatoms. The molecular formula is C21H26N6OS. The Bertz CT molecular complexity index is 922. The Kier molecular flexibility index (Phi) is 7.24. The van der Waals surface area contributed by atoms with Gasteiger partial charge >= 0.3 is 0 Å². The number of rotatable bonds is 9. The van der Waals surface area contributed by atoms with E-state index in [-0.39, 0.29) is 11.7 Å². The Balaban J connectivity index is 1.69. The van der Waals surface area contributed by atoms with Crippen LogP contribution in [0, 0.1) is 0 Å². The van der Waals surface area contributed by atoms with Crippen LogP contribution >= 0.6 is 11.8 Å². The fourth-order valence-electron chi connectivity index (χ4n) is 3.01. The van der Waals surface area contributed by atoms with Gasteiger partial charge in [-0.1, -0.05) is 30.0 Å². The molecule has 0 saturated heterocycles. The van der Waals surface area contributed by atoms with E-state index in [0.29, 0.717) is 17.5 Å². The minimum atomic E-state index is -0.0740. The van der Waals surface area contributed by atoms with Crippen molar-refractivity contribution in [2.24, 2.45) is 0 Å². The third-order valence-electron chi connectivity index (χ3n) is 4.53. The van der Waals surface area contributed by atoms with Crippen molar-refractivity contribution in [1.29, 1.82) is 0 Å². The van der Waals surface area contributed by atoms with E-state index in [1.54, 1.807) is 0 Å². The van der Waals surface area contributed by atoms with E-state index in [9.17, 15) is 4.79 Å². The molecule has 3 aromatic rings. The van der Waals surface area contributed by atoms with Crippen LogP contribution < -0.4 is 10.2 Å². The van der Waals surface area contributed by atoms with E-state index in [4.69, 9.17) is 0 Å². The van der Waals surface area contributed by atoms with Crippen molar-refractivity contribution in [2.75, 3.05) is 29.1 Å². The van der Waals surface area contributed by atoms with Gasteiger partial charge in [0.1, 0.15) is 5.69 Å². The van der Waals surface area contributed by atoms with Crippen molar-refractivity contribution < 1.29 is 4.79 Å². The molecule has 0 radical (unpaired) electrons. The minimum Gasteiger partial charge on any atom is -0.371 e. The van der Waals surface area contributed by atoms with Gasteiger partial charge in [-0.05, 0) is 45.0 Å². The van der Waals surface area contributed by atoms with Gasteiger partial charge in [-0.2, -0.15) is 0 Å². The number of hydrogen-bond acceptors (Lipinski definition) is 6. The summed E-state index contributed by atoms with van der Waals surface area (Å²) in [4.78, 5) is 19.0. The van der Waals surface area contributed by atoms with Gasteiger partial charge in [-0.3, -0.25) is 9.78 Å². The number of carbonyl (C=O) groups excluding carboxylic acids is 1. The lowest BCUT2D eigenvalue weighted by atomic mass is 10.3. The highest BCUT2D eigenvalue weighted by Gasteiger charge is 2.16. The molecule has 1 N–H and O–H groups in total. The maximum atomic E-state index is 12.2. The SMILES string of the molecule is CCN(CC)c1ccc(-c2nnc(SCC(=O)Nc3ccccc3)n2CC)nc1. The number of amides is 1. The second kappa shape index (κ2) is 10.1. The van der Waals surface area contributed by atoms with Crippen LogP contribution in [0.5, 0.6) is 0 Å². The highest BCUT2D eigenvalue weighted by atomic mass is 32.2. The maximum Gasteiger partial charge on any atom is 0.234 e. The number of anilines is 2. The van der Waals surface area contributed by atoms with E-state index in [1.807, 2.05) is 54.1 Å². The molecule has 1 aromatic carbocycles. The molecule has 0 aliphatic heterocycles. The van der Waals surface area contributed by atoms with Crippen LogP contribution in [0.4, 0.5) is 11.4 Å². The molecular weight excluding hydrogens is 384 g/mol.